The van der Waals surface area contributed by atoms with Crippen molar-refractivity contribution in [1.29, 1.82) is 0 Å². The number of hydrogen-bond acceptors (Lipinski definition) is 3. The summed E-state index contributed by atoms with van der Waals surface area (Å²) in [6.07, 6.45) is 1.62. The Morgan fingerprint density at radius 2 is 1.88 bits per heavy atom. The van der Waals surface area contributed by atoms with Crippen LogP contribution in [0.3, 0.4) is 0 Å². The molecule has 0 aliphatic heterocycles. The molecule has 0 atom stereocenters. The number of aromatic nitrogens is 1. The normalized spacial score (nSPS) is 11.0. The zero-order valence-electron chi connectivity index (χ0n) is 13.7. The van der Waals surface area contributed by atoms with Crippen molar-refractivity contribution in [3.8, 4) is 0 Å². The van der Waals surface area contributed by atoms with Crippen LogP contribution < -0.4 is 5.56 Å². The van der Waals surface area contributed by atoms with Gasteiger partial charge in [-0.1, -0.05) is 30.3 Å². The molecule has 0 aliphatic carbocycles. The Hall–Kier alpha value is -2.88. The highest BCUT2D eigenvalue weighted by Gasteiger charge is 2.10. The Morgan fingerprint density at radius 3 is 2.67 bits per heavy atom. The number of hydrogen-bond donors (Lipinski definition) is 0. The van der Waals surface area contributed by atoms with E-state index in [1.165, 1.54) is 0 Å². The van der Waals surface area contributed by atoms with Crippen LogP contribution in [-0.4, -0.2) is 16.6 Å². The molecule has 0 unspecified atom stereocenters. The van der Waals surface area contributed by atoms with Crippen LogP contribution in [0.15, 0.2) is 65.6 Å². The van der Waals surface area contributed by atoms with E-state index in [0.29, 0.717) is 17.5 Å². The first kappa shape index (κ1) is 16.0. The van der Waals surface area contributed by atoms with Crippen molar-refractivity contribution in [1.82, 2.24) is 4.57 Å². The van der Waals surface area contributed by atoms with E-state index in [0.717, 1.165) is 10.9 Å². The number of ether oxygens (including phenoxy) is 1. The third kappa shape index (κ3) is 3.38. The second-order valence-corrected chi connectivity index (χ2v) is 5.99. The van der Waals surface area contributed by atoms with E-state index in [4.69, 9.17) is 4.74 Å². The van der Waals surface area contributed by atoms with Crippen LogP contribution in [-0.2, 0) is 11.3 Å². The molecule has 0 aliphatic rings. The smallest absolute Gasteiger partial charge is 0.338 e. The lowest BCUT2D eigenvalue weighted by atomic mass is 10.1. The van der Waals surface area contributed by atoms with Crippen LogP contribution in [0.2, 0.25) is 0 Å². The van der Waals surface area contributed by atoms with Crippen LogP contribution in [0.5, 0.6) is 0 Å². The first-order chi connectivity index (χ1) is 11.5. The number of fused-ring (bicyclic) bond motifs is 1. The fraction of sp³-hybridized carbons (Fsp3) is 0.200. The third-order valence-corrected chi connectivity index (χ3v) is 3.74. The maximum absolute atomic E-state index is 12.6. The van der Waals surface area contributed by atoms with Gasteiger partial charge in [-0.05, 0) is 49.1 Å². The van der Waals surface area contributed by atoms with E-state index in [2.05, 4.69) is 0 Å². The first-order valence-corrected chi connectivity index (χ1v) is 7.93. The molecule has 0 saturated heterocycles. The van der Waals surface area contributed by atoms with Gasteiger partial charge in [0.05, 0.1) is 18.2 Å². The van der Waals surface area contributed by atoms with Gasteiger partial charge in [-0.15, -0.1) is 0 Å². The standard InChI is InChI=1S/C20H19NO3/c1-14(2)24-20(23)17-8-5-6-15(12-17)13-21-11-10-16-7-3-4-9-18(16)19(21)22/h3-12,14H,13H2,1-2H3. The predicted octanol–water partition coefficient (Wildman–Crippen LogP) is 3.62. The van der Waals surface area contributed by atoms with Crippen molar-refractivity contribution in [2.45, 2.75) is 26.5 Å². The van der Waals surface area contributed by atoms with Crippen molar-refractivity contribution < 1.29 is 9.53 Å². The molecule has 4 nitrogen and oxygen atoms in total. The highest BCUT2D eigenvalue weighted by molar-refractivity contribution is 5.89. The summed E-state index contributed by atoms with van der Waals surface area (Å²) in [6, 6.07) is 16.6. The molecule has 0 N–H and O–H groups in total. The molecular weight excluding hydrogens is 302 g/mol. The number of esters is 1. The van der Waals surface area contributed by atoms with Crippen molar-refractivity contribution in [2.75, 3.05) is 0 Å². The van der Waals surface area contributed by atoms with Crippen molar-refractivity contribution >= 4 is 16.7 Å². The van der Waals surface area contributed by atoms with E-state index in [-0.39, 0.29) is 17.6 Å². The van der Waals surface area contributed by atoms with E-state index in [9.17, 15) is 9.59 Å². The Labute approximate surface area is 140 Å². The molecule has 0 saturated carbocycles. The lowest BCUT2D eigenvalue weighted by molar-refractivity contribution is 0.0378. The lowest BCUT2D eigenvalue weighted by Crippen LogP contribution is -2.20. The average Bonchev–Trinajstić information content (AvgIpc) is 2.57. The van der Waals surface area contributed by atoms with Gasteiger partial charge in [0.1, 0.15) is 0 Å². The van der Waals surface area contributed by atoms with Gasteiger partial charge in [-0.3, -0.25) is 4.79 Å². The molecule has 122 valence electrons. The maximum Gasteiger partial charge on any atom is 0.338 e. The summed E-state index contributed by atoms with van der Waals surface area (Å²) in [5.74, 6) is -0.349. The highest BCUT2D eigenvalue weighted by atomic mass is 16.5. The summed E-state index contributed by atoms with van der Waals surface area (Å²) >= 11 is 0. The predicted molar refractivity (Wildman–Crippen MR) is 94.3 cm³/mol. The van der Waals surface area contributed by atoms with Crippen LogP contribution in [0.25, 0.3) is 10.8 Å². The minimum Gasteiger partial charge on any atom is -0.459 e. The summed E-state index contributed by atoms with van der Waals surface area (Å²) < 4.78 is 6.86. The van der Waals surface area contributed by atoms with Gasteiger partial charge >= 0.3 is 5.97 Å². The zero-order chi connectivity index (χ0) is 17.1. The molecule has 3 rings (SSSR count). The largest absolute Gasteiger partial charge is 0.459 e. The van der Waals surface area contributed by atoms with Crippen LogP contribution >= 0.6 is 0 Å². The molecule has 0 amide bonds. The number of carbonyl (C=O) groups is 1. The Balaban J connectivity index is 1.90. The Bertz CT molecular complexity index is 941. The second-order valence-electron chi connectivity index (χ2n) is 5.99. The van der Waals surface area contributed by atoms with Crippen LogP contribution in [0, 0.1) is 0 Å². The number of nitrogens with zero attached hydrogens (tertiary/aromatic N) is 1. The molecule has 3 aromatic rings. The maximum atomic E-state index is 12.6. The highest BCUT2D eigenvalue weighted by Crippen LogP contribution is 2.12. The van der Waals surface area contributed by atoms with E-state index in [1.807, 2.05) is 50.2 Å². The van der Waals surface area contributed by atoms with Gasteiger partial charge in [0.2, 0.25) is 0 Å². The zero-order valence-corrected chi connectivity index (χ0v) is 13.7. The lowest BCUT2D eigenvalue weighted by Gasteiger charge is -2.10. The van der Waals surface area contributed by atoms with Gasteiger partial charge in [-0.2, -0.15) is 0 Å². The molecule has 1 heterocycles. The van der Waals surface area contributed by atoms with Gasteiger partial charge < -0.3 is 9.30 Å². The molecule has 1 aromatic heterocycles. The third-order valence-electron chi connectivity index (χ3n) is 3.74. The monoisotopic (exact) mass is 321 g/mol. The fourth-order valence-electron chi connectivity index (χ4n) is 2.63. The summed E-state index contributed by atoms with van der Waals surface area (Å²) in [4.78, 5) is 24.6. The van der Waals surface area contributed by atoms with E-state index in [1.54, 1.807) is 29.0 Å². The average molecular weight is 321 g/mol. The van der Waals surface area contributed by atoms with Crippen LogP contribution in [0.1, 0.15) is 29.8 Å². The second kappa shape index (κ2) is 6.71. The number of pyridine rings is 1. The van der Waals surface area contributed by atoms with Gasteiger partial charge in [0.25, 0.3) is 5.56 Å². The summed E-state index contributed by atoms with van der Waals surface area (Å²) in [6.45, 7) is 4.04. The molecule has 0 fully saturated rings. The summed E-state index contributed by atoms with van der Waals surface area (Å²) in [7, 11) is 0. The van der Waals surface area contributed by atoms with E-state index < -0.39 is 0 Å². The summed E-state index contributed by atoms with van der Waals surface area (Å²) in [5.41, 5.74) is 1.34. The minimum atomic E-state index is -0.349. The van der Waals surface area contributed by atoms with Crippen molar-refractivity contribution in [2.24, 2.45) is 0 Å². The topological polar surface area (TPSA) is 48.3 Å². The number of rotatable bonds is 4. The molecule has 0 bridgehead atoms. The molecule has 4 heteroatoms. The molecule has 0 radical (unpaired) electrons. The van der Waals surface area contributed by atoms with E-state index >= 15 is 0 Å². The van der Waals surface area contributed by atoms with Crippen molar-refractivity contribution in [3.63, 3.8) is 0 Å². The SMILES string of the molecule is CC(C)OC(=O)c1cccc(Cn2ccc3ccccc3c2=O)c1. The minimum absolute atomic E-state index is 0.0386. The molecular formula is C20H19NO3. The first-order valence-electron chi connectivity index (χ1n) is 7.93. The fourth-order valence-corrected chi connectivity index (χ4v) is 2.63. The molecule has 0 spiro atoms. The molecule has 24 heavy (non-hydrogen) atoms. The molecule has 2 aromatic carbocycles. The van der Waals surface area contributed by atoms with Gasteiger partial charge in [0.15, 0.2) is 0 Å². The Kier molecular flexibility index (Phi) is 4.47. The van der Waals surface area contributed by atoms with Gasteiger partial charge in [-0.25, -0.2) is 4.79 Å². The van der Waals surface area contributed by atoms with Gasteiger partial charge in [0, 0.05) is 11.6 Å². The van der Waals surface area contributed by atoms with Crippen LogP contribution in [0.4, 0.5) is 0 Å². The van der Waals surface area contributed by atoms with Crippen molar-refractivity contribution in [3.05, 3.63) is 82.3 Å². The Morgan fingerprint density at radius 1 is 1.08 bits per heavy atom. The number of carbonyl (C=O) groups excluding carboxylic acids is 1. The number of benzene rings is 2. The summed E-state index contributed by atoms with van der Waals surface area (Å²) in [5, 5.41) is 1.61. The quantitative estimate of drug-likeness (QED) is 0.690.